The summed E-state index contributed by atoms with van der Waals surface area (Å²) >= 11 is 0. The van der Waals surface area contributed by atoms with Crippen molar-refractivity contribution in [3.63, 3.8) is 0 Å². The highest BCUT2D eigenvalue weighted by atomic mass is 16.6. The van der Waals surface area contributed by atoms with Gasteiger partial charge in [0, 0.05) is 37.4 Å². The number of fused-ring (bicyclic) bond motifs is 1. The molecule has 0 aliphatic carbocycles. The average Bonchev–Trinajstić information content (AvgIpc) is 3.27. The number of piperidine rings is 1. The number of aliphatic carboxylic acids is 1. The Labute approximate surface area is 229 Å². The number of ether oxygens (including phenoxy) is 1. The van der Waals surface area contributed by atoms with Crippen molar-refractivity contribution < 1.29 is 29.3 Å². The summed E-state index contributed by atoms with van der Waals surface area (Å²) in [6, 6.07) is 13.8. The van der Waals surface area contributed by atoms with Gasteiger partial charge in [0.1, 0.15) is 5.60 Å². The summed E-state index contributed by atoms with van der Waals surface area (Å²) in [5.41, 5.74) is 2.22. The van der Waals surface area contributed by atoms with Gasteiger partial charge in [0.25, 0.3) is 5.91 Å². The first-order chi connectivity index (χ1) is 18.3. The molecular weight excluding hydrogens is 498 g/mol. The molecule has 9 heteroatoms. The molecule has 1 unspecified atom stereocenters. The molecule has 0 aromatic heterocycles. The Morgan fingerprint density at radius 3 is 2.41 bits per heavy atom. The molecular formula is C30H39N3O6. The minimum absolute atomic E-state index is 0.0370. The minimum atomic E-state index is -1.87. The summed E-state index contributed by atoms with van der Waals surface area (Å²) in [5.74, 6) is -0.983. The van der Waals surface area contributed by atoms with Gasteiger partial charge < -0.3 is 30.1 Å². The smallest absolute Gasteiger partial charge is 0.407 e. The van der Waals surface area contributed by atoms with E-state index in [1.54, 1.807) is 0 Å². The first kappa shape index (κ1) is 28.4. The van der Waals surface area contributed by atoms with E-state index in [0.717, 1.165) is 36.1 Å². The molecule has 9 nitrogen and oxygen atoms in total. The molecule has 0 spiro atoms. The Morgan fingerprint density at radius 1 is 1.03 bits per heavy atom. The molecule has 2 amide bonds. The highest BCUT2D eigenvalue weighted by Crippen LogP contribution is 2.33. The monoisotopic (exact) mass is 537 g/mol. The largest absolute Gasteiger partial charge is 0.479 e. The minimum Gasteiger partial charge on any atom is -0.479 e. The molecule has 39 heavy (non-hydrogen) atoms. The highest BCUT2D eigenvalue weighted by Gasteiger charge is 2.35. The van der Waals surface area contributed by atoms with E-state index in [1.165, 1.54) is 12.5 Å². The van der Waals surface area contributed by atoms with Crippen LogP contribution in [0, 0.1) is 0 Å². The van der Waals surface area contributed by atoms with E-state index in [4.69, 9.17) is 4.74 Å². The average molecular weight is 538 g/mol. The van der Waals surface area contributed by atoms with Gasteiger partial charge in [-0.3, -0.25) is 4.79 Å². The van der Waals surface area contributed by atoms with E-state index in [-0.39, 0.29) is 12.5 Å². The molecule has 4 rings (SSSR count). The fourth-order valence-corrected chi connectivity index (χ4v) is 5.23. The second-order valence-electron chi connectivity index (χ2n) is 11.8. The Bertz CT molecular complexity index is 1230. The van der Waals surface area contributed by atoms with Crippen molar-refractivity contribution in [1.29, 1.82) is 0 Å². The van der Waals surface area contributed by atoms with Crippen LogP contribution < -0.4 is 10.2 Å². The van der Waals surface area contributed by atoms with Gasteiger partial charge in [-0.2, -0.15) is 0 Å². The number of rotatable bonds is 7. The van der Waals surface area contributed by atoms with Gasteiger partial charge in [-0.15, -0.1) is 0 Å². The van der Waals surface area contributed by atoms with E-state index in [1.807, 2.05) is 60.9 Å². The molecule has 0 bridgehead atoms. The van der Waals surface area contributed by atoms with Gasteiger partial charge in [-0.05, 0) is 81.7 Å². The quantitative estimate of drug-likeness (QED) is 0.490. The van der Waals surface area contributed by atoms with Crippen molar-refractivity contribution in [2.45, 2.75) is 70.6 Å². The molecule has 2 heterocycles. The number of nitrogens with one attached hydrogen (secondary N) is 1. The molecule has 2 aliphatic rings. The summed E-state index contributed by atoms with van der Waals surface area (Å²) in [6.07, 6.45) is 1.99. The van der Waals surface area contributed by atoms with Crippen LogP contribution in [0.25, 0.3) is 0 Å². The third-order valence-corrected chi connectivity index (χ3v) is 7.32. The molecule has 2 aliphatic heterocycles. The van der Waals surface area contributed by atoms with Gasteiger partial charge in [-0.1, -0.05) is 30.3 Å². The number of hydrogen-bond donors (Lipinski definition) is 3. The van der Waals surface area contributed by atoms with Crippen LogP contribution in [-0.4, -0.2) is 70.5 Å². The number of carboxylic acid groups (broad SMARTS) is 1. The van der Waals surface area contributed by atoms with E-state index >= 15 is 0 Å². The number of likely N-dealkylation sites (tertiary alicyclic amines) is 1. The topological polar surface area (TPSA) is 119 Å². The lowest BCUT2D eigenvalue weighted by Crippen LogP contribution is -2.46. The molecule has 210 valence electrons. The summed E-state index contributed by atoms with van der Waals surface area (Å²) in [5, 5.41) is 22.4. The van der Waals surface area contributed by atoms with Crippen molar-refractivity contribution in [1.82, 2.24) is 10.2 Å². The first-order valence-corrected chi connectivity index (χ1v) is 13.5. The maximum Gasteiger partial charge on any atom is 0.407 e. The number of anilines is 1. The number of alkyl carbamates (subject to hydrolysis) is 1. The van der Waals surface area contributed by atoms with Crippen molar-refractivity contribution in [2.75, 3.05) is 31.1 Å². The van der Waals surface area contributed by atoms with Crippen LogP contribution in [-0.2, 0) is 22.5 Å². The van der Waals surface area contributed by atoms with Crippen molar-refractivity contribution >= 4 is 23.7 Å². The van der Waals surface area contributed by atoms with Crippen LogP contribution in [0.2, 0.25) is 0 Å². The molecule has 0 radical (unpaired) electrons. The van der Waals surface area contributed by atoms with Crippen LogP contribution >= 0.6 is 0 Å². The van der Waals surface area contributed by atoms with Crippen LogP contribution in [0.15, 0.2) is 42.5 Å². The third kappa shape index (κ3) is 7.09. The van der Waals surface area contributed by atoms with Crippen molar-refractivity contribution in [2.24, 2.45) is 0 Å². The zero-order valence-corrected chi connectivity index (χ0v) is 23.2. The molecule has 1 saturated heterocycles. The fourth-order valence-electron chi connectivity index (χ4n) is 5.23. The lowest BCUT2D eigenvalue weighted by molar-refractivity contribution is -0.155. The van der Waals surface area contributed by atoms with E-state index in [0.29, 0.717) is 37.7 Å². The zero-order valence-electron chi connectivity index (χ0n) is 23.2. The predicted octanol–water partition coefficient (Wildman–Crippen LogP) is 3.93. The van der Waals surface area contributed by atoms with E-state index in [2.05, 4.69) is 17.4 Å². The standard InChI is InChI=1S/C30H39N3O6/c1-29(2,3)39-28(37)31-18-20-6-5-7-23(16-20)21-10-13-32(14-11-21)26(34)24-9-8-22-12-15-33(25(22)17-24)19-30(4,38)27(35)36/h5-9,16-17,21,38H,10-15,18-19H2,1-4H3,(H,31,37)(H,35,36). The predicted molar refractivity (Wildman–Crippen MR) is 148 cm³/mol. The Hall–Kier alpha value is -3.59. The van der Waals surface area contributed by atoms with Gasteiger partial charge in [0.2, 0.25) is 0 Å². The third-order valence-electron chi connectivity index (χ3n) is 7.32. The van der Waals surface area contributed by atoms with E-state index in [9.17, 15) is 24.6 Å². The normalized spacial score (nSPS) is 17.4. The summed E-state index contributed by atoms with van der Waals surface area (Å²) < 4.78 is 5.31. The van der Waals surface area contributed by atoms with Crippen molar-refractivity contribution in [3.8, 4) is 0 Å². The second-order valence-corrected chi connectivity index (χ2v) is 11.8. The number of aliphatic hydroxyl groups is 1. The van der Waals surface area contributed by atoms with Gasteiger partial charge in [0.05, 0.1) is 6.54 Å². The lowest BCUT2D eigenvalue weighted by Gasteiger charge is -2.33. The number of carboxylic acids is 1. The number of β-amino-alcohol motifs (C(OH)–C–C–N with tert-alkyl or cyclic N) is 1. The van der Waals surface area contributed by atoms with Gasteiger partial charge in [0.15, 0.2) is 5.60 Å². The maximum absolute atomic E-state index is 13.4. The van der Waals surface area contributed by atoms with Crippen LogP contribution in [0.5, 0.6) is 0 Å². The second kappa shape index (κ2) is 11.3. The van der Waals surface area contributed by atoms with Gasteiger partial charge >= 0.3 is 12.1 Å². The number of nitrogens with zero attached hydrogens (tertiary/aromatic N) is 2. The maximum atomic E-state index is 13.4. The van der Waals surface area contributed by atoms with E-state index < -0.39 is 23.3 Å². The van der Waals surface area contributed by atoms with Crippen molar-refractivity contribution in [3.05, 3.63) is 64.7 Å². The van der Waals surface area contributed by atoms with Gasteiger partial charge in [-0.25, -0.2) is 9.59 Å². The number of hydrogen-bond acceptors (Lipinski definition) is 6. The summed E-state index contributed by atoms with van der Waals surface area (Å²) in [7, 11) is 0. The molecule has 1 atom stereocenters. The Kier molecular flexibility index (Phi) is 8.20. The first-order valence-electron chi connectivity index (χ1n) is 13.5. The summed E-state index contributed by atoms with van der Waals surface area (Å²) in [6.45, 7) is 9.01. The molecule has 2 aromatic rings. The number of carbonyl (C=O) groups excluding carboxylic acids is 2. The number of benzene rings is 2. The number of carbonyl (C=O) groups is 3. The molecule has 2 aromatic carbocycles. The van der Waals surface area contributed by atoms with Crippen LogP contribution in [0.4, 0.5) is 10.5 Å². The highest BCUT2D eigenvalue weighted by molar-refractivity contribution is 5.95. The lowest BCUT2D eigenvalue weighted by atomic mass is 9.88. The zero-order chi connectivity index (χ0) is 28.4. The van der Waals surface area contributed by atoms with Crippen LogP contribution in [0.1, 0.15) is 73.5 Å². The van der Waals surface area contributed by atoms with Crippen LogP contribution in [0.3, 0.4) is 0 Å². The fraction of sp³-hybridized carbons (Fsp3) is 0.500. The molecule has 3 N–H and O–H groups in total. The molecule has 1 fully saturated rings. The summed E-state index contributed by atoms with van der Waals surface area (Å²) in [4.78, 5) is 40.5. The SMILES string of the molecule is CC(C)(C)OC(=O)NCc1cccc(C2CCN(C(=O)c3ccc4c(c3)N(CC(C)(O)C(=O)O)CC4)CC2)c1. The molecule has 0 saturated carbocycles. The Morgan fingerprint density at radius 2 is 1.74 bits per heavy atom. The Balaban J connectivity index is 1.35. The number of amides is 2.